The topological polar surface area (TPSA) is 101 Å². The van der Waals surface area contributed by atoms with Crippen molar-refractivity contribution in [2.45, 2.75) is 38.6 Å². The number of carbonyl (C=O) groups is 3. The molecule has 20 heavy (non-hydrogen) atoms. The first-order valence-corrected chi connectivity index (χ1v) is 8.42. The third kappa shape index (κ3) is 2.44. The van der Waals surface area contributed by atoms with E-state index in [1.165, 1.54) is 0 Å². The maximum atomic E-state index is 12.4. The maximum Gasteiger partial charge on any atom is 0.331 e. The molecule has 4 amide bonds. The largest absolute Gasteiger partial charge is 0.331 e. The van der Waals surface area contributed by atoms with Crippen LogP contribution in [0.25, 0.3) is 0 Å². The Labute approximate surface area is 117 Å². The summed E-state index contributed by atoms with van der Waals surface area (Å²) in [5.41, 5.74) is -1.06. The van der Waals surface area contributed by atoms with E-state index in [2.05, 4.69) is 5.32 Å². The third-order valence-corrected chi connectivity index (χ3v) is 5.76. The number of hydrogen-bond acceptors (Lipinski definition) is 5. The van der Waals surface area contributed by atoms with E-state index in [-0.39, 0.29) is 17.9 Å². The van der Waals surface area contributed by atoms with Gasteiger partial charge in [-0.05, 0) is 19.8 Å². The van der Waals surface area contributed by atoms with E-state index in [1.807, 2.05) is 6.92 Å². The summed E-state index contributed by atoms with van der Waals surface area (Å²) in [6.07, 6.45) is 1.18. The zero-order valence-corrected chi connectivity index (χ0v) is 12.3. The highest BCUT2D eigenvalue weighted by Gasteiger charge is 2.52. The van der Waals surface area contributed by atoms with Gasteiger partial charge in [-0.1, -0.05) is 13.3 Å². The fraction of sp³-hybridized carbons (Fsp3) is 0.750. The molecule has 2 atom stereocenters. The summed E-state index contributed by atoms with van der Waals surface area (Å²) in [7, 11) is -3.25. The second kappa shape index (κ2) is 4.83. The van der Waals surface area contributed by atoms with Crippen LogP contribution in [0.5, 0.6) is 0 Å². The van der Waals surface area contributed by atoms with E-state index < -0.39 is 39.1 Å². The van der Waals surface area contributed by atoms with E-state index in [4.69, 9.17) is 0 Å². The molecule has 0 aromatic carbocycles. The van der Waals surface area contributed by atoms with Crippen molar-refractivity contribution in [3.05, 3.63) is 0 Å². The standard InChI is InChI=1S/C12H18N2O5S/c1-3-4-8-9(15)13-11(17)14(10(8)16)12(2)5-6-20(18,19)7-12/h8H,3-7H2,1-2H3,(H,13,15,17). The van der Waals surface area contributed by atoms with Crippen LogP contribution in [-0.4, -0.2) is 48.2 Å². The number of carbonyl (C=O) groups excluding carboxylic acids is 3. The molecule has 2 unspecified atom stereocenters. The number of hydrogen-bond donors (Lipinski definition) is 1. The van der Waals surface area contributed by atoms with Crippen LogP contribution >= 0.6 is 0 Å². The molecule has 2 saturated heterocycles. The second-order valence-electron chi connectivity index (χ2n) is 5.65. The summed E-state index contributed by atoms with van der Waals surface area (Å²) in [5.74, 6) is -2.38. The molecule has 0 spiro atoms. The number of nitrogens with zero attached hydrogens (tertiary/aromatic N) is 1. The van der Waals surface area contributed by atoms with Crippen LogP contribution in [0.15, 0.2) is 0 Å². The molecule has 0 bridgehead atoms. The minimum absolute atomic E-state index is 0.0487. The lowest BCUT2D eigenvalue weighted by Crippen LogP contribution is -2.65. The molecular formula is C12H18N2O5S. The lowest BCUT2D eigenvalue weighted by atomic mass is 9.92. The van der Waals surface area contributed by atoms with Crippen molar-refractivity contribution in [2.75, 3.05) is 11.5 Å². The molecule has 0 aromatic rings. The fourth-order valence-corrected chi connectivity index (χ4v) is 4.96. The molecule has 112 valence electrons. The molecule has 8 heteroatoms. The van der Waals surface area contributed by atoms with Gasteiger partial charge in [-0.15, -0.1) is 0 Å². The lowest BCUT2D eigenvalue weighted by Gasteiger charge is -2.40. The number of barbiturate groups is 1. The van der Waals surface area contributed by atoms with Crippen LogP contribution in [0.1, 0.15) is 33.1 Å². The number of sulfone groups is 1. The van der Waals surface area contributed by atoms with Crippen LogP contribution in [0.3, 0.4) is 0 Å². The van der Waals surface area contributed by atoms with Gasteiger partial charge in [-0.2, -0.15) is 0 Å². The van der Waals surface area contributed by atoms with Gasteiger partial charge in [0.1, 0.15) is 5.92 Å². The van der Waals surface area contributed by atoms with Crippen LogP contribution in [-0.2, 0) is 19.4 Å². The quantitative estimate of drug-likeness (QED) is 0.743. The van der Waals surface area contributed by atoms with Crippen molar-refractivity contribution in [3.63, 3.8) is 0 Å². The SMILES string of the molecule is CCCC1C(=O)NC(=O)N(C2(C)CCS(=O)(=O)C2)C1=O. The summed E-state index contributed by atoms with van der Waals surface area (Å²) >= 11 is 0. The Balaban J connectivity index is 2.33. The van der Waals surface area contributed by atoms with Crippen molar-refractivity contribution in [3.8, 4) is 0 Å². The van der Waals surface area contributed by atoms with Crippen LogP contribution < -0.4 is 5.32 Å². The van der Waals surface area contributed by atoms with Gasteiger partial charge in [0.05, 0.1) is 17.0 Å². The third-order valence-electron chi connectivity index (χ3n) is 3.87. The molecule has 2 heterocycles. The van der Waals surface area contributed by atoms with Gasteiger partial charge < -0.3 is 0 Å². The molecule has 2 rings (SSSR count). The Morgan fingerprint density at radius 1 is 1.35 bits per heavy atom. The highest BCUT2D eigenvalue weighted by molar-refractivity contribution is 7.91. The van der Waals surface area contributed by atoms with Gasteiger partial charge in [0.2, 0.25) is 11.8 Å². The fourth-order valence-electron chi connectivity index (χ4n) is 2.84. The van der Waals surface area contributed by atoms with Gasteiger partial charge in [0, 0.05) is 0 Å². The van der Waals surface area contributed by atoms with Crippen molar-refractivity contribution >= 4 is 27.7 Å². The zero-order chi connectivity index (χ0) is 15.1. The summed E-state index contributed by atoms with van der Waals surface area (Å²) in [6, 6.07) is -0.813. The van der Waals surface area contributed by atoms with Crippen molar-refractivity contribution in [2.24, 2.45) is 5.92 Å². The number of nitrogens with one attached hydrogen (secondary N) is 1. The van der Waals surface area contributed by atoms with Gasteiger partial charge in [-0.3, -0.25) is 19.8 Å². The van der Waals surface area contributed by atoms with Crippen molar-refractivity contribution in [1.82, 2.24) is 10.2 Å². The van der Waals surface area contributed by atoms with Crippen LogP contribution in [0, 0.1) is 5.92 Å². The predicted molar refractivity (Wildman–Crippen MR) is 70.5 cm³/mol. The first-order chi connectivity index (χ1) is 9.20. The Morgan fingerprint density at radius 2 is 2.00 bits per heavy atom. The highest BCUT2D eigenvalue weighted by Crippen LogP contribution is 2.32. The van der Waals surface area contributed by atoms with Gasteiger partial charge >= 0.3 is 6.03 Å². The molecular weight excluding hydrogens is 284 g/mol. The summed E-state index contributed by atoms with van der Waals surface area (Å²) in [6.45, 7) is 3.41. The monoisotopic (exact) mass is 302 g/mol. The molecule has 2 aliphatic rings. The molecule has 2 aliphatic heterocycles. The number of imide groups is 2. The average Bonchev–Trinajstić information content (AvgIpc) is 2.59. The molecule has 2 fully saturated rings. The smallest absolute Gasteiger partial charge is 0.277 e. The first kappa shape index (κ1) is 15.0. The van der Waals surface area contributed by atoms with E-state index in [0.29, 0.717) is 12.8 Å². The predicted octanol–water partition coefficient (Wildman–Crippen LogP) is 0.0583. The molecule has 0 saturated carbocycles. The molecule has 0 aromatic heterocycles. The number of amides is 4. The Morgan fingerprint density at radius 3 is 2.50 bits per heavy atom. The zero-order valence-electron chi connectivity index (χ0n) is 11.5. The van der Waals surface area contributed by atoms with Crippen molar-refractivity contribution < 1.29 is 22.8 Å². The summed E-state index contributed by atoms with van der Waals surface area (Å²) < 4.78 is 23.3. The van der Waals surface area contributed by atoms with Gasteiger partial charge in [0.15, 0.2) is 9.84 Å². The molecule has 1 N–H and O–H groups in total. The Kier molecular flexibility index (Phi) is 3.62. The first-order valence-electron chi connectivity index (χ1n) is 6.59. The summed E-state index contributed by atoms with van der Waals surface area (Å²) in [4.78, 5) is 37.0. The maximum absolute atomic E-state index is 12.4. The van der Waals surface area contributed by atoms with E-state index >= 15 is 0 Å². The normalized spacial score (nSPS) is 33.4. The molecule has 0 aliphatic carbocycles. The van der Waals surface area contributed by atoms with E-state index in [1.54, 1.807) is 6.92 Å². The van der Waals surface area contributed by atoms with Crippen molar-refractivity contribution in [1.29, 1.82) is 0 Å². The lowest BCUT2D eigenvalue weighted by molar-refractivity contribution is -0.146. The van der Waals surface area contributed by atoms with Gasteiger partial charge in [-0.25, -0.2) is 13.2 Å². The Bertz CT molecular complexity index is 570. The van der Waals surface area contributed by atoms with E-state index in [0.717, 1.165) is 4.90 Å². The number of urea groups is 1. The number of rotatable bonds is 3. The minimum Gasteiger partial charge on any atom is -0.277 e. The summed E-state index contributed by atoms with van der Waals surface area (Å²) in [5, 5.41) is 2.16. The van der Waals surface area contributed by atoms with Crippen LogP contribution in [0.4, 0.5) is 4.79 Å². The van der Waals surface area contributed by atoms with Crippen LogP contribution in [0.2, 0.25) is 0 Å². The Hall–Kier alpha value is -1.44. The second-order valence-corrected chi connectivity index (χ2v) is 7.83. The highest BCUT2D eigenvalue weighted by atomic mass is 32.2. The van der Waals surface area contributed by atoms with Gasteiger partial charge in [0.25, 0.3) is 0 Å². The minimum atomic E-state index is -3.25. The molecule has 0 radical (unpaired) electrons. The van der Waals surface area contributed by atoms with E-state index in [9.17, 15) is 22.8 Å². The average molecular weight is 302 g/mol. The molecule has 7 nitrogen and oxygen atoms in total.